The molecule has 0 radical (unpaired) electrons. The molecule has 2 aliphatic heterocycles. The van der Waals surface area contributed by atoms with Crippen LogP contribution in [0.3, 0.4) is 0 Å². The van der Waals surface area contributed by atoms with Crippen LogP contribution in [-0.2, 0) is 0 Å². The molecule has 2 atom stereocenters. The van der Waals surface area contributed by atoms with Gasteiger partial charge in [0.1, 0.15) is 18.1 Å². The van der Waals surface area contributed by atoms with Crippen molar-refractivity contribution in [3.8, 4) is 11.5 Å². The fraction of sp³-hybridized carbons (Fsp3) is 0.419. The van der Waals surface area contributed by atoms with Crippen molar-refractivity contribution >= 4 is 5.57 Å². The summed E-state index contributed by atoms with van der Waals surface area (Å²) >= 11 is 0. The van der Waals surface area contributed by atoms with Crippen LogP contribution in [0.5, 0.6) is 11.5 Å². The molecular weight excluding hydrogens is 462 g/mol. The monoisotopic (exact) mass is 499 g/mol. The molecule has 194 valence electrons. The standard InChI is InChI=1S/C31H37N3O3/c35-28-12-8-24(9-13-28)31(30(7-4-16-33-36)23-5-2-1-3-6-23)25-10-14-29(15-11-25)37-18-17-34-21-26-19-32-20-27(26)22-34/h2,5-6,8-15,26-27,32,35H,1,3-4,7,16-22H2/b31-30-/t26-,27+. The number of hydrogen-bond acceptors (Lipinski definition) is 6. The molecule has 3 aliphatic rings. The highest BCUT2D eigenvalue weighted by atomic mass is 16.5. The van der Waals surface area contributed by atoms with Crippen molar-refractivity contribution in [1.82, 2.24) is 10.2 Å². The van der Waals surface area contributed by atoms with E-state index in [-0.39, 0.29) is 5.75 Å². The van der Waals surface area contributed by atoms with E-state index in [0.29, 0.717) is 19.6 Å². The fourth-order valence-corrected chi connectivity index (χ4v) is 5.86. The van der Waals surface area contributed by atoms with E-state index in [2.05, 4.69) is 45.8 Å². The number of allylic oxidation sites excluding steroid dienone is 5. The zero-order chi connectivity index (χ0) is 25.5. The van der Waals surface area contributed by atoms with Gasteiger partial charge < -0.3 is 15.2 Å². The Kier molecular flexibility index (Phi) is 8.49. The third-order valence-electron chi connectivity index (χ3n) is 7.76. The highest BCUT2D eigenvalue weighted by Crippen LogP contribution is 2.36. The zero-order valence-electron chi connectivity index (χ0n) is 21.4. The second-order valence-corrected chi connectivity index (χ2v) is 10.3. The lowest BCUT2D eigenvalue weighted by molar-refractivity contribution is 0.228. The van der Waals surface area contributed by atoms with Crippen molar-refractivity contribution in [2.45, 2.75) is 25.7 Å². The summed E-state index contributed by atoms with van der Waals surface area (Å²) in [5.41, 5.74) is 5.65. The van der Waals surface area contributed by atoms with Crippen LogP contribution in [0.25, 0.3) is 5.57 Å². The number of ether oxygens (including phenoxy) is 1. The van der Waals surface area contributed by atoms with Gasteiger partial charge in [0, 0.05) is 19.6 Å². The average molecular weight is 500 g/mol. The lowest BCUT2D eigenvalue weighted by Gasteiger charge is -2.20. The number of fused-ring (bicyclic) bond motifs is 1. The third kappa shape index (κ3) is 6.38. The topological polar surface area (TPSA) is 74.2 Å². The Morgan fingerprint density at radius 2 is 1.70 bits per heavy atom. The van der Waals surface area contributed by atoms with Gasteiger partial charge in [0.2, 0.25) is 0 Å². The number of aromatic hydroxyl groups is 1. The van der Waals surface area contributed by atoms with E-state index in [1.807, 2.05) is 24.3 Å². The van der Waals surface area contributed by atoms with Crippen LogP contribution in [0, 0.1) is 16.7 Å². The fourth-order valence-electron chi connectivity index (χ4n) is 5.86. The van der Waals surface area contributed by atoms with E-state index in [4.69, 9.17) is 4.74 Å². The van der Waals surface area contributed by atoms with Gasteiger partial charge in [0.05, 0.1) is 6.54 Å². The van der Waals surface area contributed by atoms with Gasteiger partial charge in [-0.15, -0.1) is 0 Å². The van der Waals surface area contributed by atoms with Crippen LogP contribution in [-0.4, -0.2) is 55.9 Å². The number of hydrogen-bond donors (Lipinski definition) is 2. The van der Waals surface area contributed by atoms with Gasteiger partial charge in [-0.05, 0) is 103 Å². The first-order valence-corrected chi connectivity index (χ1v) is 13.6. The first-order chi connectivity index (χ1) is 18.2. The molecule has 5 rings (SSSR count). The van der Waals surface area contributed by atoms with Crippen molar-refractivity contribution in [2.24, 2.45) is 17.0 Å². The zero-order valence-corrected chi connectivity index (χ0v) is 21.4. The number of likely N-dealkylation sites (tertiary alicyclic amines) is 1. The van der Waals surface area contributed by atoms with E-state index in [1.165, 1.54) is 24.2 Å². The minimum Gasteiger partial charge on any atom is -0.508 e. The van der Waals surface area contributed by atoms with Crippen molar-refractivity contribution < 1.29 is 9.84 Å². The second kappa shape index (κ2) is 12.3. The van der Waals surface area contributed by atoms with Crippen LogP contribution in [0.1, 0.15) is 36.8 Å². The van der Waals surface area contributed by atoms with Crippen molar-refractivity contribution in [3.05, 3.63) is 93.9 Å². The van der Waals surface area contributed by atoms with Crippen molar-refractivity contribution in [3.63, 3.8) is 0 Å². The Labute approximate surface area is 219 Å². The molecule has 0 amide bonds. The second-order valence-electron chi connectivity index (χ2n) is 10.3. The number of nitrogens with one attached hydrogen (secondary N) is 1. The molecule has 2 saturated heterocycles. The van der Waals surface area contributed by atoms with Crippen LogP contribution in [0.2, 0.25) is 0 Å². The summed E-state index contributed by atoms with van der Waals surface area (Å²) < 4.78 is 6.13. The number of phenols is 1. The van der Waals surface area contributed by atoms with E-state index < -0.39 is 0 Å². The highest BCUT2D eigenvalue weighted by molar-refractivity contribution is 5.85. The summed E-state index contributed by atoms with van der Waals surface area (Å²) in [6, 6.07) is 15.7. The van der Waals surface area contributed by atoms with E-state index in [9.17, 15) is 10.0 Å². The number of rotatable bonds is 11. The summed E-state index contributed by atoms with van der Waals surface area (Å²) in [6.45, 7) is 6.60. The molecule has 0 unspecified atom stereocenters. The molecule has 2 aromatic rings. The summed E-state index contributed by atoms with van der Waals surface area (Å²) in [5, 5.41) is 16.5. The maximum atomic E-state index is 10.8. The van der Waals surface area contributed by atoms with E-state index >= 15 is 0 Å². The molecular formula is C31H37N3O3. The SMILES string of the molecule is O=NCCC/C(C1=CCCC=C1)=C(\c1ccc(O)cc1)c1ccc(OCCN2C[C@H]3CNC[C@H]3C2)cc1. The third-order valence-corrected chi connectivity index (χ3v) is 7.76. The molecule has 6 nitrogen and oxygen atoms in total. The van der Waals surface area contributed by atoms with Crippen LogP contribution in [0.15, 0.2) is 83.1 Å². The van der Waals surface area contributed by atoms with Gasteiger partial charge in [-0.3, -0.25) is 4.90 Å². The molecule has 1 aliphatic carbocycles. The van der Waals surface area contributed by atoms with Crippen LogP contribution >= 0.6 is 0 Å². The summed E-state index contributed by atoms with van der Waals surface area (Å²) in [5.74, 6) is 2.72. The molecule has 2 heterocycles. The number of nitrogens with zero attached hydrogens (tertiary/aromatic N) is 2. The van der Waals surface area contributed by atoms with Gasteiger partial charge in [-0.2, -0.15) is 4.91 Å². The molecule has 37 heavy (non-hydrogen) atoms. The Hall–Kier alpha value is -3.22. The number of phenolic OH excluding ortho intramolecular Hbond substituents is 1. The molecule has 6 heteroatoms. The van der Waals surface area contributed by atoms with Gasteiger partial charge in [0.25, 0.3) is 0 Å². The van der Waals surface area contributed by atoms with E-state index in [1.54, 1.807) is 12.1 Å². The van der Waals surface area contributed by atoms with Gasteiger partial charge in [-0.25, -0.2) is 0 Å². The Balaban J connectivity index is 1.36. The Bertz CT molecular complexity index is 1140. The largest absolute Gasteiger partial charge is 0.508 e. The molecule has 2 N–H and O–H groups in total. The first kappa shape index (κ1) is 25.4. The van der Waals surface area contributed by atoms with Crippen LogP contribution in [0.4, 0.5) is 0 Å². The number of nitroso groups, excluding NO2 is 1. The predicted octanol–water partition coefficient (Wildman–Crippen LogP) is 5.55. The molecule has 0 spiro atoms. The highest BCUT2D eigenvalue weighted by Gasteiger charge is 2.35. The summed E-state index contributed by atoms with van der Waals surface area (Å²) in [4.78, 5) is 13.4. The summed E-state index contributed by atoms with van der Waals surface area (Å²) in [7, 11) is 0. The molecule has 0 saturated carbocycles. The van der Waals surface area contributed by atoms with Gasteiger partial charge >= 0.3 is 0 Å². The quantitative estimate of drug-likeness (QED) is 0.313. The van der Waals surface area contributed by atoms with Crippen molar-refractivity contribution in [1.29, 1.82) is 0 Å². The van der Waals surface area contributed by atoms with Crippen molar-refractivity contribution in [2.75, 3.05) is 45.9 Å². The smallest absolute Gasteiger partial charge is 0.119 e. The normalized spacial score (nSPS) is 21.9. The van der Waals surface area contributed by atoms with E-state index in [0.717, 1.165) is 73.2 Å². The molecule has 2 fully saturated rings. The minimum absolute atomic E-state index is 0.244. The Morgan fingerprint density at radius 1 is 1.00 bits per heavy atom. The predicted molar refractivity (Wildman–Crippen MR) is 149 cm³/mol. The molecule has 0 bridgehead atoms. The maximum absolute atomic E-state index is 10.8. The first-order valence-electron chi connectivity index (χ1n) is 13.6. The summed E-state index contributed by atoms with van der Waals surface area (Å²) in [6.07, 6.45) is 10.2. The lowest BCUT2D eigenvalue weighted by atomic mass is 9.85. The van der Waals surface area contributed by atoms with Gasteiger partial charge in [-0.1, -0.05) is 47.7 Å². The maximum Gasteiger partial charge on any atom is 0.119 e. The lowest BCUT2D eigenvalue weighted by Crippen LogP contribution is -2.29. The molecule has 0 aromatic heterocycles. The van der Waals surface area contributed by atoms with Gasteiger partial charge in [0.15, 0.2) is 0 Å². The van der Waals surface area contributed by atoms with Crippen LogP contribution < -0.4 is 10.1 Å². The molecule has 2 aromatic carbocycles. The number of benzene rings is 2. The Morgan fingerprint density at radius 3 is 2.35 bits per heavy atom. The average Bonchev–Trinajstić information content (AvgIpc) is 3.53. The minimum atomic E-state index is 0.244.